The van der Waals surface area contributed by atoms with E-state index in [0.717, 1.165) is 10.8 Å². The van der Waals surface area contributed by atoms with Crippen LogP contribution in [0.1, 0.15) is 26.2 Å². The normalized spacial score (nSPS) is 11.1. The highest BCUT2D eigenvalue weighted by Crippen LogP contribution is 2.20. The summed E-state index contributed by atoms with van der Waals surface area (Å²) in [6.07, 6.45) is -0.114. The first-order valence-corrected chi connectivity index (χ1v) is 11.1. The number of rotatable bonds is 12. The largest absolute Gasteiger partial charge is 0.467 e. The van der Waals surface area contributed by atoms with E-state index in [-0.39, 0.29) is 25.2 Å². The quantitative estimate of drug-likeness (QED) is 0.202. The van der Waals surface area contributed by atoms with Gasteiger partial charge in [-0.05, 0) is 49.1 Å². The predicted octanol–water partition coefficient (Wildman–Crippen LogP) is 3.49. The lowest BCUT2D eigenvalue weighted by molar-refractivity contribution is -0.143. The van der Waals surface area contributed by atoms with Crippen molar-refractivity contribution in [2.75, 3.05) is 26.9 Å². The van der Waals surface area contributed by atoms with Gasteiger partial charge in [-0.15, -0.1) is 0 Å². The van der Waals surface area contributed by atoms with Gasteiger partial charge < -0.3 is 29.6 Å². The van der Waals surface area contributed by atoms with Crippen LogP contribution in [-0.2, 0) is 23.8 Å². The fourth-order valence-electron chi connectivity index (χ4n) is 3.00. The standard InChI is InChI=1S/C25H30N2O8/c1-17(2)22(28)33-14-15-34-25(31)27-21(23(29)32-3)10-6-7-13-26-24(30)35-20-12-11-18-8-4-5-9-19(18)16-20/h4-5,8-9,11-12,16,21H,1,6-7,10,13-15H2,2-3H3,(H,26,30)(H,27,31). The van der Waals surface area contributed by atoms with Crippen LogP contribution >= 0.6 is 0 Å². The smallest absolute Gasteiger partial charge is 0.412 e. The zero-order chi connectivity index (χ0) is 25.6. The number of hydrogen-bond donors (Lipinski definition) is 2. The van der Waals surface area contributed by atoms with Crippen LogP contribution in [0.2, 0.25) is 0 Å². The molecule has 0 spiro atoms. The number of nitrogens with one attached hydrogen (secondary N) is 2. The van der Waals surface area contributed by atoms with Crippen molar-refractivity contribution in [3.05, 3.63) is 54.6 Å². The van der Waals surface area contributed by atoms with E-state index in [2.05, 4.69) is 17.2 Å². The molecule has 1 atom stereocenters. The van der Waals surface area contributed by atoms with Crippen molar-refractivity contribution in [2.45, 2.75) is 32.2 Å². The van der Waals surface area contributed by atoms with E-state index in [9.17, 15) is 19.2 Å². The van der Waals surface area contributed by atoms with Crippen molar-refractivity contribution in [2.24, 2.45) is 0 Å². The topological polar surface area (TPSA) is 129 Å². The SMILES string of the molecule is C=C(C)C(=O)OCCOC(=O)NC(CCCCNC(=O)Oc1ccc2ccccc2c1)C(=O)OC. The summed E-state index contributed by atoms with van der Waals surface area (Å²) in [5.41, 5.74) is 0.233. The molecule has 0 saturated heterocycles. The molecule has 35 heavy (non-hydrogen) atoms. The van der Waals surface area contributed by atoms with Crippen molar-refractivity contribution in [1.29, 1.82) is 0 Å². The summed E-state index contributed by atoms with van der Waals surface area (Å²) in [6.45, 7) is 4.94. The van der Waals surface area contributed by atoms with Crippen LogP contribution in [0.25, 0.3) is 10.8 Å². The number of unbranched alkanes of at least 4 members (excludes halogenated alkanes) is 1. The van der Waals surface area contributed by atoms with Crippen molar-refractivity contribution < 1.29 is 38.1 Å². The third-order valence-corrected chi connectivity index (χ3v) is 4.80. The first-order chi connectivity index (χ1) is 16.8. The lowest BCUT2D eigenvalue weighted by Crippen LogP contribution is -2.42. The first-order valence-electron chi connectivity index (χ1n) is 11.1. The second-order valence-corrected chi connectivity index (χ2v) is 7.59. The summed E-state index contributed by atoms with van der Waals surface area (Å²) in [4.78, 5) is 47.2. The highest BCUT2D eigenvalue weighted by Gasteiger charge is 2.22. The number of fused-ring (bicyclic) bond motifs is 1. The monoisotopic (exact) mass is 486 g/mol. The molecule has 0 aliphatic carbocycles. The lowest BCUT2D eigenvalue weighted by Gasteiger charge is -2.16. The maximum atomic E-state index is 12.0. The molecule has 1 unspecified atom stereocenters. The number of amides is 2. The Morgan fingerprint density at radius 2 is 1.66 bits per heavy atom. The Balaban J connectivity index is 1.67. The molecular weight excluding hydrogens is 456 g/mol. The number of carbonyl (C=O) groups excluding carboxylic acids is 4. The summed E-state index contributed by atoms with van der Waals surface area (Å²) in [5, 5.41) is 7.08. The average Bonchev–Trinajstić information content (AvgIpc) is 2.84. The molecule has 0 heterocycles. The van der Waals surface area contributed by atoms with Gasteiger partial charge in [0.05, 0.1) is 7.11 Å². The third-order valence-electron chi connectivity index (χ3n) is 4.80. The fourth-order valence-corrected chi connectivity index (χ4v) is 3.00. The van der Waals surface area contributed by atoms with Crippen molar-refractivity contribution in [1.82, 2.24) is 10.6 Å². The van der Waals surface area contributed by atoms with E-state index in [1.165, 1.54) is 14.0 Å². The number of carbonyl (C=O) groups is 4. The van der Waals surface area contributed by atoms with Crippen molar-refractivity contribution >= 4 is 34.9 Å². The van der Waals surface area contributed by atoms with Gasteiger partial charge in [0, 0.05) is 12.1 Å². The highest BCUT2D eigenvalue weighted by molar-refractivity contribution is 5.87. The molecule has 2 N–H and O–H groups in total. The molecule has 0 radical (unpaired) electrons. The Morgan fingerprint density at radius 3 is 2.37 bits per heavy atom. The van der Waals surface area contributed by atoms with Gasteiger partial charge in [0.15, 0.2) is 0 Å². The summed E-state index contributed by atoms with van der Waals surface area (Å²) in [5.74, 6) is -0.778. The highest BCUT2D eigenvalue weighted by atomic mass is 16.6. The number of methoxy groups -OCH3 is 1. The molecular formula is C25H30N2O8. The van der Waals surface area contributed by atoms with Crippen molar-refractivity contribution in [3.63, 3.8) is 0 Å². The van der Waals surface area contributed by atoms with Gasteiger partial charge in [0.2, 0.25) is 0 Å². The minimum absolute atomic E-state index is 0.136. The van der Waals surface area contributed by atoms with E-state index in [0.29, 0.717) is 25.1 Å². The van der Waals surface area contributed by atoms with Crippen LogP contribution in [0.3, 0.4) is 0 Å². The number of esters is 2. The molecule has 10 nitrogen and oxygen atoms in total. The van der Waals surface area contributed by atoms with Gasteiger partial charge >= 0.3 is 24.1 Å². The average molecular weight is 487 g/mol. The van der Waals surface area contributed by atoms with E-state index < -0.39 is 30.2 Å². The molecule has 0 fully saturated rings. The molecule has 2 aromatic carbocycles. The Labute approximate surface area is 203 Å². The van der Waals surface area contributed by atoms with E-state index in [4.69, 9.17) is 18.9 Å². The minimum Gasteiger partial charge on any atom is -0.467 e. The third kappa shape index (κ3) is 9.75. The number of hydrogen-bond acceptors (Lipinski definition) is 8. The van der Waals surface area contributed by atoms with Crippen molar-refractivity contribution in [3.8, 4) is 5.75 Å². The molecule has 2 rings (SSSR count). The Hall–Kier alpha value is -4.08. The number of benzene rings is 2. The van der Waals surface area contributed by atoms with Crippen LogP contribution < -0.4 is 15.4 Å². The Kier molecular flexibility index (Phi) is 11.1. The zero-order valence-electron chi connectivity index (χ0n) is 19.8. The summed E-state index contributed by atoms with van der Waals surface area (Å²) in [6, 6.07) is 12.2. The number of ether oxygens (including phenoxy) is 4. The second kappa shape index (κ2) is 14.2. The minimum atomic E-state index is -0.921. The van der Waals surface area contributed by atoms with Crippen LogP contribution in [-0.4, -0.2) is 57.0 Å². The fraction of sp³-hybridized carbons (Fsp3) is 0.360. The molecule has 188 valence electrons. The van der Waals surface area contributed by atoms with Crippen LogP contribution in [0.15, 0.2) is 54.6 Å². The van der Waals surface area contributed by atoms with Gasteiger partial charge in [0.1, 0.15) is 25.0 Å². The maximum absolute atomic E-state index is 12.0. The Bertz CT molecular complexity index is 1050. The Morgan fingerprint density at radius 1 is 0.943 bits per heavy atom. The molecule has 2 amide bonds. The van der Waals surface area contributed by atoms with Gasteiger partial charge in [-0.2, -0.15) is 0 Å². The van der Waals surface area contributed by atoms with Gasteiger partial charge in [-0.25, -0.2) is 19.2 Å². The summed E-state index contributed by atoms with van der Waals surface area (Å²) >= 11 is 0. The van der Waals surface area contributed by atoms with E-state index in [1.807, 2.05) is 30.3 Å². The van der Waals surface area contributed by atoms with Crippen LogP contribution in [0.4, 0.5) is 9.59 Å². The molecule has 0 saturated carbocycles. The molecule has 0 aliphatic rings. The van der Waals surface area contributed by atoms with Gasteiger partial charge in [-0.3, -0.25) is 0 Å². The van der Waals surface area contributed by atoms with Crippen LogP contribution in [0.5, 0.6) is 5.75 Å². The molecule has 0 bridgehead atoms. The van der Waals surface area contributed by atoms with Gasteiger partial charge in [0.25, 0.3) is 0 Å². The first kappa shape index (κ1) is 27.2. The van der Waals surface area contributed by atoms with E-state index >= 15 is 0 Å². The van der Waals surface area contributed by atoms with E-state index in [1.54, 1.807) is 12.1 Å². The summed E-state index contributed by atoms with van der Waals surface area (Å²) in [7, 11) is 1.21. The predicted molar refractivity (Wildman–Crippen MR) is 128 cm³/mol. The molecule has 0 aliphatic heterocycles. The van der Waals surface area contributed by atoms with Crippen LogP contribution in [0, 0.1) is 0 Å². The summed E-state index contributed by atoms with van der Waals surface area (Å²) < 4.78 is 19.7. The zero-order valence-corrected chi connectivity index (χ0v) is 19.8. The number of alkyl carbamates (subject to hydrolysis) is 1. The van der Waals surface area contributed by atoms with Gasteiger partial charge in [-0.1, -0.05) is 36.9 Å². The molecule has 10 heteroatoms. The second-order valence-electron chi connectivity index (χ2n) is 7.59. The molecule has 2 aromatic rings. The molecule has 0 aromatic heterocycles. The lowest BCUT2D eigenvalue weighted by atomic mass is 10.1. The maximum Gasteiger partial charge on any atom is 0.412 e.